The topological polar surface area (TPSA) is 43.1 Å². The molecule has 3 aromatic rings. The first kappa shape index (κ1) is 7.37. The smallest absolute Gasteiger partial charge is 0.235 e. The SMILES string of the molecule is Fc1nnc2ncc3ccccc3n12. The van der Waals surface area contributed by atoms with Crippen LogP contribution in [-0.2, 0) is 0 Å². The van der Waals surface area contributed by atoms with Gasteiger partial charge in [0.25, 0.3) is 5.78 Å². The van der Waals surface area contributed by atoms with E-state index in [9.17, 15) is 4.39 Å². The minimum absolute atomic E-state index is 0.279. The lowest BCUT2D eigenvalue weighted by molar-refractivity contribution is 0.532. The largest absolute Gasteiger partial charge is 0.315 e. The highest BCUT2D eigenvalue weighted by Gasteiger charge is 2.07. The number of nitrogens with zero attached hydrogens (tertiary/aromatic N) is 4. The molecular formula is C9H5FN4. The van der Waals surface area contributed by atoms with Crippen molar-refractivity contribution in [3.8, 4) is 0 Å². The highest BCUT2D eigenvalue weighted by atomic mass is 19.1. The van der Waals surface area contributed by atoms with Crippen LogP contribution in [0.4, 0.5) is 4.39 Å². The predicted octanol–water partition coefficient (Wildman–Crippen LogP) is 1.42. The number of halogens is 1. The van der Waals surface area contributed by atoms with E-state index in [4.69, 9.17) is 0 Å². The summed E-state index contributed by atoms with van der Waals surface area (Å²) in [6.45, 7) is 0. The Balaban J connectivity index is 2.65. The van der Waals surface area contributed by atoms with Gasteiger partial charge in [-0.05, 0) is 6.07 Å². The third-order valence-electron chi connectivity index (χ3n) is 2.10. The molecule has 2 aromatic heterocycles. The fraction of sp³-hybridized carbons (Fsp3) is 0. The molecule has 0 radical (unpaired) electrons. The fourth-order valence-corrected chi connectivity index (χ4v) is 1.48. The lowest BCUT2D eigenvalue weighted by Crippen LogP contribution is -1.93. The molecule has 0 N–H and O–H groups in total. The summed E-state index contributed by atoms with van der Waals surface area (Å²) < 4.78 is 14.5. The standard InChI is InChI=1S/C9H5FN4/c10-8-12-13-9-11-5-6-3-1-2-4-7(6)14(8)9/h1-5H. The van der Waals surface area contributed by atoms with Crippen molar-refractivity contribution < 1.29 is 4.39 Å². The lowest BCUT2D eigenvalue weighted by atomic mass is 10.2. The quantitative estimate of drug-likeness (QED) is 0.535. The van der Waals surface area contributed by atoms with Crippen molar-refractivity contribution in [2.75, 3.05) is 0 Å². The Bertz CT molecular complexity index is 616. The molecule has 0 aliphatic heterocycles. The Kier molecular flexibility index (Phi) is 1.30. The van der Waals surface area contributed by atoms with Gasteiger partial charge in [0.05, 0.1) is 5.52 Å². The van der Waals surface area contributed by atoms with E-state index in [1.165, 1.54) is 4.40 Å². The predicted molar refractivity (Wildman–Crippen MR) is 48.2 cm³/mol. The van der Waals surface area contributed by atoms with Gasteiger partial charge in [-0.1, -0.05) is 23.3 Å². The van der Waals surface area contributed by atoms with Crippen LogP contribution in [0.1, 0.15) is 0 Å². The van der Waals surface area contributed by atoms with Crippen molar-refractivity contribution in [3.63, 3.8) is 0 Å². The van der Waals surface area contributed by atoms with Gasteiger partial charge in [0, 0.05) is 11.6 Å². The summed E-state index contributed by atoms with van der Waals surface area (Å²) >= 11 is 0. The molecule has 0 saturated carbocycles. The number of rotatable bonds is 0. The van der Waals surface area contributed by atoms with Gasteiger partial charge in [-0.25, -0.2) is 9.38 Å². The Morgan fingerprint density at radius 2 is 2.00 bits per heavy atom. The monoisotopic (exact) mass is 188 g/mol. The molecule has 0 aliphatic rings. The van der Waals surface area contributed by atoms with Crippen LogP contribution in [0.5, 0.6) is 0 Å². The molecule has 0 unspecified atom stereocenters. The number of hydrogen-bond acceptors (Lipinski definition) is 3. The molecule has 3 rings (SSSR count). The van der Waals surface area contributed by atoms with Crippen molar-refractivity contribution in [2.24, 2.45) is 0 Å². The van der Waals surface area contributed by atoms with E-state index in [2.05, 4.69) is 15.2 Å². The first-order valence-corrected chi connectivity index (χ1v) is 4.10. The van der Waals surface area contributed by atoms with Crippen LogP contribution >= 0.6 is 0 Å². The Labute approximate surface area is 78.0 Å². The second-order valence-electron chi connectivity index (χ2n) is 2.92. The van der Waals surface area contributed by atoms with Gasteiger partial charge in [-0.3, -0.25) is 0 Å². The van der Waals surface area contributed by atoms with Crippen molar-refractivity contribution in [3.05, 3.63) is 36.5 Å². The molecular weight excluding hydrogens is 183 g/mol. The van der Waals surface area contributed by atoms with E-state index in [1.807, 2.05) is 18.2 Å². The summed E-state index contributed by atoms with van der Waals surface area (Å²) in [5, 5.41) is 7.78. The molecule has 0 spiro atoms. The van der Waals surface area contributed by atoms with Gasteiger partial charge in [-0.15, -0.1) is 5.10 Å². The Morgan fingerprint density at radius 1 is 1.14 bits per heavy atom. The Hall–Kier alpha value is -2.04. The lowest BCUT2D eigenvalue weighted by Gasteiger charge is -1.98. The van der Waals surface area contributed by atoms with Crippen molar-refractivity contribution in [2.45, 2.75) is 0 Å². The van der Waals surface area contributed by atoms with E-state index in [0.29, 0.717) is 0 Å². The van der Waals surface area contributed by atoms with Crippen molar-refractivity contribution in [1.82, 2.24) is 19.6 Å². The second-order valence-corrected chi connectivity index (χ2v) is 2.92. The number of hydrogen-bond donors (Lipinski definition) is 0. The maximum Gasteiger partial charge on any atom is 0.315 e. The summed E-state index contributed by atoms with van der Waals surface area (Å²) in [6, 6.07) is 7.37. The van der Waals surface area contributed by atoms with Crippen molar-refractivity contribution >= 4 is 16.7 Å². The zero-order valence-electron chi connectivity index (χ0n) is 7.05. The molecule has 1 aromatic carbocycles. The van der Waals surface area contributed by atoms with Gasteiger partial charge in [0.15, 0.2) is 0 Å². The van der Waals surface area contributed by atoms with Crippen LogP contribution in [-0.4, -0.2) is 19.6 Å². The number of para-hydroxylation sites is 1. The average molecular weight is 188 g/mol. The highest BCUT2D eigenvalue weighted by molar-refractivity contribution is 5.79. The molecule has 0 aliphatic carbocycles. The van der Waals surface area contributed by atoms with Crippen LogP contribution < -0.4 is 0 Å². The summed E-state index contributed by atoms with van der Waals surface area (Å²) in [5.41, 5.74) is 0.722. The third-order valence-corrected chi connectivity index (χ3v) is 2.10. The summed E-state index contributed by atoms with van der Waals surface area (Å²) in [6.07, 6.45) is 1.02. The second kappa shape index (κ2) is 2.47. The zero-order valence-corrected chi connectivity index (χ0v) is 7.05. The third kappa shape index (κ3) is 0.834. The van der Waals surface area contributed by atoms with E-state index < -0.39 is 6.08 Å². The van der Waals surface area contributed by atoms with Crippen LogP contribution in [0, 0.1) is 6.08 Å². The first-order valence-electron chi connectivity index (χ1n) is 4.10. The zero-order chi connectivity index (χ0) is 9.54. The molecule has 0 fully saturated rings. The first-order chi connectivity index (χ1) is 6.86. The summed E-state index contributed by atoms with van der Waals surface area (Å²) in [7, 11) is 0. The van der Waals surface area contributed by atoms with Gasteiger partial charge in [0.1, 0.15) is 0 Å². The minimum atomic E-state index is -0.635. The van der Waals surface area contributed by atoms with E-state index in [-0.39, 0.29) is 5.78 Å². The Morgan fingerprint density at radius 3 is 2.93 bits per heavy atom. The van der Waals surface area contributed by atoms with Crippen molar-refractivity contribution in [1.29, 1.82) is 0 Å². The van der Waals surface area contributed by atoms with Gasteiger partial charge in [-0.2, -0.15) is 4.39 Å². The molecule has 2 heterocycles. The number of fused-ring (bicyclic) bond motifs is 3. The average Bonchev–Trinajstić information content (AvgIpc) is 2.61. The maximum absolute atomic E-state index is 13.2. The molecule has 0 atom stereocenters. The molecule has 0 bridgehead atoms. The van der Waals surface area contributed by atoms with Crippen LogP contribution in [0.25, 0.3) is 16.7 Å². The summed E-state index contributed by atoms with van der Waals surface area (Å²) in [5.74, 6) is 0.279. The molecule has 0 saturated heterocycles. The summed E-state index contributed by atoms with van der Waals surface area (Å²) in [4.78, 5) is 3.98. The van der Waals surface area contributed by atoms with E-state index in [1.54, 1.807) is 12.3 Å². The normalized spacial score (nSPS) is 11.2. The molecule has 14 heavy (non-hydrogen) atoms. The van der Waals surface area contributed by atoms with Gasteiger partial charge < -0.3 is 0 Å². The molecule has 0 amide bonds. The number of benzene rings is 1. The molecule has 5 heteroatoms. The van der Waals surface area contributed by atoms with E-state index >= 15 is 0 Å². The van der Waals surface area contributed by atoms with E-state index in [0.717, 1.165) is 10.9 Å². The molecule has 4 nitrogen and oxygen atoms in total. The fourth-order valence-electron chi connectivity index (χ4n) is 1.48. The van der Waals surface area contributed by atoms with Gasteiger partial charge >= 0.3 is 6.08 Å². The number of aromatic nitrogens is 4. The van der Waals surface area contributed by atoms with Crippen LogP contribution in [0.2, 0.25) is 0 Å². The molecule has 68 valence electrons. The maximum atomic E-state index is 13.2. The van der Waals surface area contributed by atoms with Crippen LogP contribution in [0.15, 0.2) is 30.5 Å². The minimum Gasteiger partial charge on any atom is -0.235 e. The van der Waals surface area contributed by atoms with Crippen LogP contribution in [0.3, 0.4) is 0 Å². The van der Waals surface area contributed by atoms with Gasteiger partial charge in [0.2, 0.25) is 0 Å². The highest BCUT2D eigenvalue weighted by Crippen LogP contribution is 2.14.